The number of pyridine rings is 1. The van der Waals surface area contributed by atoms with Crippen LogP contribution in [0.5, 0.6) is 5.88 Å². The Morgan fingerprint density at radius 2 is 1.79 bits per heavy atom. The highest BCUT2D eigenvalue weighted by atomic mass is 32.2. The van der Waals surface area contributed by atoms with Gasteiger partial charge in [0.05, 0.1) is 11.9 Å². The molecule has 3 aromatic rings. The number of nitrogens with zero attached hydrogens (tertiary/aromatic N) is 1. The van der Waals surface area contributed by atoms with Gasteiger partial charge in [0.15, 0.2) is 5.60 Å². The van der Waals surface area contributed by atoms with Crippen LogP contribution < -0.4 is 20.5 Å². The van der Waals surface area contributed by atoms with Crippen LogP contribution in [0.3, 0.4) is 0 Å². The van der Waals surface area contributed by atoms with Crippen molar-refractivity contribution in [2.24, 2.45) is 5.73 Å². The van der Waals surface area contributed by atoms with Crippen molar-refractivity contribution in [1.29, 1.82) is 0 Å². The second kappa shape index (κ2) is 8.21. The number of anilines is 2. The SMILES string of the molecule is CC1(C(=O)Nc2cccc(NS(C)(=O)=O)c2)Cc2c(-c3ccc(C(N)=O)cc3)ccnc2O1. The zero-order valence-electron chi connectivity index (χ0n) is 18.0. The molecule has 1 unspecified atom stereocenters. The molecule has 2 aromatic carbocycles. The van der Waals surface area contributed by atoms with E-state index in [0.29, 0.717) is 22.8 Å². The molecule has 0 radical (unpaired) electrons. The van der Waals surface area contributed by atoms with Crippen LogP contribution in [0, 0.1) is 0 Å². The topological polar surface area (TPSA) is 140 Å². The molecular weight excluding hydrogens is 444 g/mol. The van der Waals surface area contributed by atoms with Crippen molar-refractivity contribution >= 4 is 33.2 Å². The molecule has 2 amide bonds. The first-order valence-corrected chi connectivity index (χ1v) is 11.9. The summed E-state index contributed by atoms with van der Waals surface area (Å²) < 4.78 is 31.3. The van der Waals surface area contributed by atoms with Crippen molar-refractivity contribution < 1.29 is 22.7 Å². The second-order valence-electron chi connectivity index (χ2n) is 8.00. The number of carbonyl (C=O) groups excluding carboxylic acids is 2. The van der Waals surface area contributed by atoms with Gasteiger partial charge in [-0.05, 0) is 54.4 Å². The minimum absolute atomic E-state index is 0.274. The standard InChI is InChI=1S/C23H22N4O5S/c1-23(22(29)26-16-4-3-5-17(12-16)27-33(2,30)31)13-19-18(10-11-25-21(19)32-23)14-6-8-15(9-7-14)20(24)28/h3-12,27H,13H2,1-2H3,(H2,24,28)(H,26,29). The van der Waals surface area contributed by atoms with Gasteiger partial charge in [0, 0.05) is 29.4 Å². The third-order valence-electron chi connectivity index (χ3n) is 5.24. The summed E-state index contributed by atoms with van der Waals surface area (Å²) in [4.78, 5) is 28.7. The third kappa shape index (κ3) is 4.80. The number of nitrogens with two attached hydrogens (primary N) is 1. The number of carbonyl (C=O) groups is 2. The number of hydrogen-bond donors (Lipinski definition) is 3. The maximum Gasteiger partial charge on any atom is 0.268 e. The number of benzene rings is 2. The fraction of sp³-hybridized carbons (Fsp3) is 0.174. The van der Waals surface area contributed by atoms with Crippen LogP contribution in [0.4, 0.5) is 11.4 Å². The van der Waals surface area contributed by atoms with E-state index < -0.39 is 27.4 Å². The van der Waals surface area contributed by atoms with Gasteiger partial charge in [-0.2, -0.15) is 0 Å². The summed E-state index contributed by atoms with van der Waals surface area (Å²) in [6, 6.07) is 15.1. The van der Waals surface area contributed by atoms with E-state index in [9.17, 15) is 18.0 Å². The van der Waals surface area contributed by atoms with E-state index in [4.69, 9.17) is 10.5 Å². The molecule has 0 aliphatic carbocycles. The van der Waals surface area contributed by atoms with Gasteiger partial charge in [0.2, 0.25) is 21.8 Å². The van der Waals surface area contributed by atoms with Gasteiger partial charge in [-0.25, -0.2) is 13.4 Å². The first-order chi connectivity index (χ1) is 15.5. The third-order valence-corrected chi connectivity index (χ3v) is 5.84. The Kier molecular flexibility index (Phi) is 5.54. The monoisotopic (exact) mass is 466 g/mol. The molecule has 4 N–H and O–H groups in total. The fourth-order valence-electron chi connectivity index (χ4n) is 3.67. The molecule has 1 aliphatic rings. The van der Waals surface area contributed by atoms with Crippen molar-refractivity contribution in [3.8, 4) is 17.0 Å². The molecular formula is C23H22N4O5S. The zero-order valence-corrected chi connectivity index (χ0v) is 18.8. The normalized spacial score (nSPS) is 17.0. The van der Waals surface area contributed by atoms with Crippen LogP contribution in [0.25, 0.3) is 11.1 Å². The number of amides is 2. The van der Waals surface area contributed by atoms with Gasteiger partial charge in [-0.1, -0.05) is 18.2 Å². The quantitative estimate of drug-likeness (QED) is 0.510. The minimum atomic E-state index is -3.45. The Morgan fingerprint density at radius 3 is 2.45 bits per heavy atom. The predicted molar refractivity (Wildman–Crippen MR) is 124 cm³/mol. The number of rotatable bonds is 6. The maximum atomic E-state index is 13.1. The van der Waals surface area contributed by atoms with Gasteiger partial charge >= 0.3 is 0 Å². The summed E-state index contributed by atoms with van der Waals surface area (Å²) in [5.41, 5.74) is 7.70. The molecule has 9 nitrogen and oxygen atoms in total. The molecule has 1 aromatic heterocycles. The van der Waals surface area contributed by atoms with E-state index >= 15 is 0 Å². The smallest absolute Gasteiger partial charge is 0.268 e. The van der Waals surface area contributed by atoms with Crippen LogP contribution in [0.2, 0.25) is 0 Å². The Labute approximate surface area is 191 Å². The van der Waals surface area contributed by atoms with E-state index in [1.807, 2.05) is 6.07 Å². The Balaban J connectivity index is 1.56. The lowest BCUT2D eigenvalue weighted by atomic mass is 9.93. The number of fused-ring (bicyclic) bond motifs is 1. The zero-order chi connectivity index (χ0) is 23.8. The summed E-state index contributed by atoms with van der Waals surface area (Å²) in [6.45, 7) is 1.67. The van der Waals surface area contributed by atoms with Crippen LogP contribution >= 0.6 is 0 Å². The van der Waals surface area contributed by atoms with Crippen LogP contribution in [-0.2, 0) is 21.2 Å². The molecule has 33 heavy (non-hydrogen) atoms. The van der Waals surface area contributed by atoms with Crippen LogP contribution in [-0.4, -0.2) is 37.1 Å². The number of primary amides is 1. The average molecular weight is 467 g/mol. The molecule has 170 valence electrons. The van der Waals surface area contributed by atoms with Gasteiger partial charge in [0.1, 0.15) is 0 Å². The number of hydrogen-bond acceptors (Lipinski definition) is 6. The largest absolute Gasteiger partial charge is 0.461 e. The molecule has 1 atom stereocenters. The van der Waals surface area contributed by atoms with Crippen LogP contribution in [0.1, 0.15) is 22.8 Å². The molecule has 0 saturated heterocycles. The summed E-state index contributed by atoms with van der Waals surface area (Å²) >= 11 is 0. The number of nitrogens with one attached hydrogen (secondary N) is 2. The fourth-order valence-corrected chi connectivity index (χ4v) is 4.22. The van der Waals surface area contributed by atoms with Crippen molar-refractivity contribution in [1.82, 2.24) is 4.98 Å². The average Bonchev–Trinajstić information content (AvgIpc) is 3.10. The molecule has 4 rings (SSSR count). The highest BCUT2D eigenvalue weighted by molar-refractivity contribution is 7.92. The van der Waals surface area contributed by atoms with Crippen molar-refractivity contribution in [2.45, 2.75) is 18.9 Å². The van der Waals surface area contributed by atoms with Gasteiger partial charge in [-0.15, -0.1) is 0 Å². The highest BCUT2D eigenvalue weighted by Gasteiger charge is 2.44. The van der Waals surface area contributed by atoms with Crippen LogP contribution in [0.15, 0.2) is 60.8 Å². The first kappa shape index (κ1) is 22.3. The molecule has 0 fully saturated rings. The summed E-state index contributed by atoms with van der Waals surface area (Å²) in [6.07, 6.45) is 2.92. The lowest BCUT2D eigenvalue weighted by molar-refractivity contribution is -0.128. The van der Waals surface area contributed by atoms with E-state index in [1.54, 1.807) is 55.6 Å². The van der Waals surface area contributed by atoms with Gasteiger partial charge < -0.3 is 15.8 Å². The highest BCUT2D eigenvalue weighted by Crippen LogP contribution is 2.40. The van der Waals surface area contributed by atoms with E-state index in [1.165, 1.54) is 6.07 Å². The van der Waals surface area contributed by atoms with E-state index in [-0.39, 0.29) is 6.42 Å². The Hall–Kier alpha value is -3.92. The minimum Gasteiger partial charge on any atom is -0.461 e. The first-order valence-electron chi connectivity index (χ1n) is 10.0. The summed E-state index contributed by atoms with van der Waals surface area (Å²) in [5, 5.41) is 2.79. The lowest BCUT2D eigenvalue weighted by Crippen LogP contribution is -2.44. The van der Waals surface area contributed by atoms with Crippen molar-refractivity contribution in [3.63, 3.8) is 0 Å². The molecule has 10 heteroatoms. The Bertz CT molecular complexity index is 1360. The number of sulfonamides is 1. The number of ether oxygens (including phenoxy) is 1. The molecule has 0 saturated carbocycles. The summed E-state index contributed by atoms with van der Waals surface area (Å²) in [7, 11) is -3.45. The molecule has 0 spiro atoms. The molecule has 0 bridgehead atoms. The molecule has 2 heterocycles. The van der Waals surface area contributed by atoms with Crippen molar-refractivity contribution in [2.75, 3.05) is 16.3 Å². The van der Waals surface area contributed by atoms with Gasteiger partial charge in [0.25, 0.3) is 5.91 Å². The van der Waals surface area contributed by atoms with Gasteiger partial charge in [-0.3, -0.25) is 14.3 Å². The van der Waals surface area contributed by atoms with Crippen molar-refractivity contribution in [3.05, 3.63) is 71.9 Å². The predicted octanol–water partition coefficient (Wildman–Crippen LogP) is 2.55. The number of aromatic nitrogens is 1. The summed E-state index contributed by atoms with van der Waals surface area (Å²) in [5.74, 6) is -0.548. The lowest BCUT2D eigenvalue weighted by Gasteiger charge is -2.22. The molecule has 1 aliphatic heterocycles. The van der Waals surface area contributed by atoms with E-state index in [2.05, 4.69) is 15.0 Å². The maximum absolute atomic E-state index is 13.1. The Morgan fingerprint density at radius 1 is 1.09 bits per heavy atom. The second-order valence-corrected chi connectivity index (χ2v) is 9.75. The van der Waals surface area contributed by atoms with E-state index in [0.717, 1.165) is 22.9 Å².